The summed E-state index contributed by atoms with van der Waals surface area (Å²) in [6.07, 6.45) is 0.713. The summed E-state index contributed by atoms with van der Waals surface area (Å²) in [5.74, 6) is -1.09. The second-order valence-electron chi connectivity index (χ2n) is 6.74. The van der Waals surface area contributed by atoms with Gasteiger partial charge in [0, 0.05) is 12.1 Å². The van der Waals surface area contributed by atoms with Crippen molar-refractivity contribution >= 4 is 35.8 Å². The molecule has 1 aliphatic rings. The Kier molecular flexibility index (Phi) is 6.36. The van der Waals surface area contributed by atoms with E-state index in [4.69, 9.17) is 5.73 Å². The van der Waals surface area contributed by atoms with E-state index in [0.29, 0.717) is 12.1 Å². The van der Waals surface area contributed by atoms with E-state index >= 15 is 0 Å². The highest BCUT2D eigenvalue weighted by atomic mass is 35.5. The summed E-state index contributed by atoms with van der Waals surface area (Å²) in [6.45, 7) is 1.67. The van der Waals surface area contributed by atoms with E-state index < -0.39 is 5.54 Å². The molecule has 2 aromatic rings. The molecule has 4 N–H and O–H groups in total. The minimum absolute atomic E-state index is 0. The molecule has 0 bridgehead atoms. The number of nitrogens with one attached hydrogen (secondary N) is 2. The third kappa shape index (κ3) is 4.72. The van der Waals surface area contributed by atoms with Crippen molar-refractivity contribution in [2.45, 2.75) is 25.3 Å². The molecule has 0 spiro atoms. The van der Waals surface area contributed by atoms with Crippen LogP contribution in [-0.4, -0.2) is 17.7 Å². The molecule has 0 saturated carbocycles. The molecule has 3 amide bonds. The van der Waals surface area contributed by atoms with Gasteiger partial charge in [0.2, 0.25) is 17.7 Å². The predicted octanol–water partition coefficient (Wildman–Crippen LogP) is 2.13. The zero-order chi connectivity index (χ0) is 18.7. The SMILES string of the molecule is CC(N)(C(=O)Nc1ccc(CC2CC(=O)NC2=O)cc1)c1ccccc1.Cl. The normalized spacial score (nSPS) is 18.2. The molecule has 2 aromatic carbocycles. The van der Waals surface area contributed by atoms with Crippen LogP contribution in [0.3, 0.4) is 0 Å². The highest BCUT2D eigenvalue weighted by molar-refractivity contribution is 6.03. The number of amides is 3. The van der Waals surface area contributed by atoms with E-state index in [1.165, 1.54) is 0 Å². The van der Waals surface area contributed by atoms with Gasteiger partial charge < -0.3 is 11.1 Å². The van der Waals surface area contributed by atoms with Crippen molar-refractivity contribution < 1.29 is 14.4 Å². The van der Waals surface area contributed by atoms with E-state index in [9.17, 15) is 14.4 Å². The molecule has 1 saturated heterocycles. The second kappa shape index (κ2) is 8.33. The fourth-order valence-electron chi connectivity index (χ4n) is 2.96. The molecule has 1 aliphatic heterocycles. The number of imide groups is 1. The zero-order valence-electron chi connectivity index (χ0n) is 14.9. The molecule has 6 nitrogen and oxygen atoms in total. The summed E-state index contributed by atoms with van der Waals surface area (Å²) in [4.78, 5) is 35.4. The topological polar surface area (TPSA) is 101 Å². The van der Waals surface area contributed by atoms with Crippen LogP contribution in [0.5, 0.6) is 0 Å². The third-order valence-corrected chi connectivity index (χ3v) is 4.60. The van der Waals surface area contributed by atoms with E-state index in [2.05, 4.69) is 10.6 Å². The molecule has 142 valence electrons. The standard InChI is InChI=1S/C20H21N3O3.ClH/c1-20(21,15-5-3-2-4-6-15)19(26)22-16-9-7-13(8-10-16)11-14-12-17(24)23-18(14)25;/h2-10,14H,11-12,21H2,1H3,(H,22,26)(H,23,24,25);1H. The molecular formula is C20H22ClN3O3. The number of anilines is 1. The fraction of sp³-hybridized carbons (Fsp3) is 0.250. The Morgan fingerprint density at radius 3 is 2.33 bits per heavy atom. The van der Waals surface area contributed by atoms with Crippen LogP contribution in [0.25, 0.3) is 0 Å². The van der Waals surface area contributed by atoms with Gasteiger partial charge in [-0.3, -0.25) is 19.7 Å². The summed E-state index contributed by atoms with van der Waals surface area (Å²) < 4.78 is 0. The molecule has 1 heterocycles. The molecule has 0 aromatic heterocycles. The summed E-state index contributed by atoms with van der Waals surface area (Å²) in [5, 5.41) is 5.13. The van der Waals surface area contributed by atoms with E-state index in [-0.39, 0.29) is 42.5 Å². The van der Waals surface area contributed by atoms with Crippen molar-refractivity contribution in [3.63, 3.8) is 0 Å². The molecule has 2 atom stereocenters. The molecule has 0 radical (unpaired) electrons. The molecule has 2 unspecified atom stereocenters. The van der Waals surface area contributed by atoms with Crippen LogP contribution in [-0.2, 0) is 26.3 Å². The van der Waals surface area contributed by atoms with Crippen molar-refractivity contribution in [3.8, 4) is 0 Å². The van der Waals surface area contributed by atoms with Crippen molar-refractivity contribution in [2.75, 3.05) is 5.32 Å². The van der Waals surface area contributed by atoms with Gasteiger partial charge in [-0.05, 0) is 36.6 Å². The lowest BCUT2D eigenvalue weighted by Gasteiger charge is -2.24. The maximum Gasteiger partial charge on any atom is 0.248 e. The van der Waals surface area contributed by atoms with E-state index in [1.54, 1.807) is 19.1 Å². The van der Waals surface area contributed by atoms with Gasteiger partial charge in [-0.1, -0.05) is 42.5 Å². The van der Waals surface area contributed by atoms with Crippen LogP contribution in [0.15, 0.2) is 54.6 Å². The first-order valence-electron chi connectivity index (χ1n) is 8.45. The van der Waals surface area contributed by atoms with Crippen molar-refractivity contribution in [1.29, 1.82) is 0 Å². The average molecular weight is 388 g/mol. The maximum absolute atomic E-state index is 12.6. The first-order chi connectivity index (χ1) is 12.4. The van der Waals surface area contributed by atoms with E-state index in [0.717, 1.165) is 11.1 Å². The van der Waals surface area contributed by atoms with Gasteiger partial charge in [-0.25, -0.2) is 0 Å². The minimum atomic E-state index is -1.15. The van der Waals surface area contributed by atoms with Crippen LogP contribution in [0, 0.1) is 5.92 Å². The Morgan fingerprint density at radius 2 is 1.78 bits per heavy atom. The predicted molar refractivity (Wildman–Crippen MR) is 105 cm³/mol. The molecule has 0 aliphatic carbocycles. The number of hydrogen-bond donors (Lipinski definition) is 3. The van der Waals surface area contributed by atoms with Gasteiger partial charge in [0.05, 0.1) is 5.92 Å². The summed E-state index contributed by atoms with van der Waals surface area (Å²) in [7, 11) is 0. The van der Waals surface area contributed by atoms with Crippen molar-refractivity contribution in [2.24, 2.45) is 11.7 Å². The number of halogens is 1. The summed E-state index contributed by atoms with van der Waals surface area (Å²) in [5.41, 5.74) is 7.34. The maximum atomic E-state index is 12.6. The Bertz CT molecular complexity index is 835. The lowest BCUT2D eigenvalue weighted by molar-refractivity contribution is -0.126. The highest BCUT2D eigenvalue weighted by Crippen LogP contribution is 2.22. The summed E-state index contributed by atoms with van der Waals surface area (Å²) in [6, 6.07) is 16.4. The van der Waals surface area contributed by atoms with Gasteiger partial charge >= 0.3 is 0 Å². The lowest BCUT2D eigenvalue weighted by atomic mass is 9.92. The highest BCUT2D eigenvalue weighted by Gasteiger charge is 2.31. The van der Waals surface area contributed by atoms with E-state index in [1.807, 2.05) is 42.5 Å². The zero-order valence-corrected chi connectivity index (χ0v) is 15.7. The third-order valence-electron chi connectivity index (χ3n) is 4.60. The number of carbonyl (C=O) groups is 3. The van der Waals surface area contributed by atoms with Gasteiger partial charge in [-0.15, -0.1) is 12.4 Å². The Morgan fingerprint density at radius 1 is 1.15 bits per heavy atom. The Balaban J connectivity index is 0.00000261. The minimum Gasteiger partial charge on any atom is -0.324 e. The number of nitrogens with two attached hydrogens (primary N) is 1. The van der Waals surface area contributed by atoms with Crippen molar-refractivity contribution in [1.82, 2.24) is 5.32 Å². The van der Waals surface area contributed by atoms with Gasteiger partial charge in [-0.2, -0.15) is 0 Å². The molecule has 27 heavy (non-hydrogen) atoms. The lowest BCUT2D eigenvalue weighted by Crippen LogP contribution is -2.45. The molecule has 7 heteroatoms. The Labute approximate surface area is 163 Å². The first-order valence-corrected chi connectivity index (χ1v) is 8.45. The quantitative estimate of drug-likeness (QED) is 0.684. The number of hydrogen-bond acceptors (Lipinski definition) is 4. The number of rotatable bonds is 5. The smallest absolute Gasteiger partial charge is 0.248 e. The van der Waals surface area contributed by atoms with Gasteiger partial charge in [0.25, 0.3) is 0 Å². The molecule has 1 fully saturated rings. The van der Waals surface area contributed by atoms with Gasteiger partial charge in [0.15, 0.2) is 0 Å². The van der Waals surface area contributed by atoms with Crippen molar-refractivity contribution in [3.05, 3.63) is 65.7 Å². The first kappa shape index (κ1) is 20.6. The molecule has 3 rings (SSSR count). The Hall–Kier alpha value is -2.70. The number of carbonyl (C=O) groups excluding carboxylic acids is 3. The monoisotopic (exact) mass is 387 g/mol. The summed E-state index contributed by atoms with van der Waals surface area (Å²) >= 11 is 0. The van der Waals surface area contributed by atoms with Crippen LogP contribution in [0.1, 0.15) is 24.5 Å². The molecular weight excluding hydrogens is 366 g/mol. The van der Waals surface area contributed by atoms with Crippen LogP contribution >= 0.6 is 12.4 Å². The van der Waals surface area contributed by atoms with Crippen LogP contribution in [0.2, 0.25) is 0 Å². The number of benzene rings is 2. The van der Waals surface area contributed by atoms with Crippen LogP contribution < -0.4 is 16.4 Å². The van der Waals surface area contributed by atoms with Crippen LogP contribution in [0.4, 0.5) is 5.69 Å². The average Bonchev–Trinajstić information content (AvgIpc) is 2.94. The van der Waals surface area contributed by atoms with Gasteiger partial charge in [0.1, 0.15) is 5.54 Å². The largest absolute Gasteiger partial charge is 0.324 e. The fourth-order valence-corrected chi connectivity index (χ4v) is 2.96. The second-order valence-corrected chi connectivity index (χ2v) is 6.74.